The van der Waals surface area contributed by atoms with Crippen LogP contribution in [0.15, 0.2) is 91.0 Å². The van der Waals surface area contributed by atoms with E-state index >= 15 is 0 Å². The third-order valence-corrected chi connectivity index (χ3v) is 6.19. The van der Waals surface area contributed by atoms with Crippen molar-refractivity contribution in [2.45, 2.75) is 56.6 Å². The minimum atomic E-state index is -1.19. The number of aliphatic hydroxyl groups is 2. The molecule has 1 aliphatic heterocycles. The molecule has 0 bridgehead atoms. The van der Waals surface area contributed by atoms with Gasteiger partial charge in [0.05, 0.1) is 26.4 Å². The fourth-order valence-corrected chi connectivity index (χ4v) is 4.29. The minimum absolute atomic E-state index is 0.276. The van der Waals surface area contributed by atoms with Gasteiger partial charge < -0.3 is 33.9 Å². The van der Waals surface area contributed by atoms with Gasteiger partial charge in [-0.1, -0.05) is 91.0 Å². The average Bonchev–Trinajstić information content (AvgIpc) is 2.94. The summed E-state index contributed by atoms with van der Waals surface area (Å²) >= 11 is 0. The molecule has 1 saturated heterocycles. The summed E-state index contributed by atoms with van der Waals surface area (Å²) in [6.45, 7) is 0.407. The maximum absolute atomic E-state index is 10.7. The fraction of sp³-hybridized carbons (Fsp3) is 0.379. The lowest BCUT2D eigenvalue weighted by Crippen LogP contribution is -2.63. The predicted octanol–water partition coefficient (Wildman–Crippen LogP) is 3.47. The van der Waals surface area contributed by atoms with Crippen LogP contribution in [0.3, 0.4) is 0 Å². The molecule has 4 rings (SSSR count). The van der Waals surface area contributed by atoms with Gasteiger partial charge >= 0.3 is 0 Å². The lowest BCUT2D eigenvalue weighted by molar-refractivity contribution is -0.330. The van der Waals surface area contributed by atoms with Gasteiger partial charge in [-0.15, -0.1) is 0 Å². The monoisotopic (exact) mass is 494 g/mol. The smallest absolute Gasteiger partial charge is 0.186 e. The van der Waals surface area contributed by atoms with Crippen molar-refractivity contribution in [1.82, 2.24) is 0 Å². The first-order valence-electron chi connectivity index (χ1n) is 12.1. The van der Waals surface area contributed by atoms with Gasteiger partial charge in [0.25, 0.3) is 0 Å². The zero-order chi connectivity index (χ0) is 25.2. The Balaban J connectivity index is 1.61. The summed E-state index contributed by atoms with van der Waals surface area (Å²) in [5.41, 5.74) is 2.95. The number of rotatable bonds is 12. The summed E-state index contributed by atoms with van der Waals surface area (Å²) in [5, 5.41) is 20.4. The molecular weight excluding hydrogens is 460 g/mol. The highest BCUT2D eigenvalue weighted by molar-refractivity contribution is 5.15. The first-order chi connectivity index (χ1) is 17.7. The first-order valence-corrected chi connectivity index (χ1v) is 12.1. The quantitative estimate of drug-likeness (QED) is 0.399. The van der Waals surface area contributed by atoms with Crippen LogP contribution < -0.4 is 0 Å². The molecule has 1 unspecified atom stereocenters. The molecule has 7 nitrogen and oxygen atoms in total. The molecule has 3 aromatic rings. The Kier molecular flexibility index (Phi) is 10.0. The number of ether oxygens (including phenoxy) is 5. The summed E-state index contributed by atoms with van der Waals surface area (Å²) < 4.78 is 30.8. The second-order valence-corrected chi connectivity index (χ2v) is 8.74. The van der Waals surface area contributed by atoms with Crippen LogP contribution in [0.1, 0.15) is 16.7 Å². The highest BCUT2D eigenvalue weighted by Crippen LogP contribution is 2.32. The van der Waals surface area contributed by atoms with Crippen molar-refractivity contribution < 1.29 is 33.9 Å². The van der Waals surface area contributed by atoms with Crippen molar-refractivity contribution in [2.75, 3.05) is 13.7 Å². The number of benzene rings is 3. The third-order valence-electron chi connectivity index (χ3n) is 6.19. The van der Waals surface area contributed by atoms with Crippen molar-refractivity contribution in [3.05, 3.63) is 108 Å². The van der Waals surface area contributed by atoms with Gasteiger partial charge in [0.2, 0.25) is 0 Å². The number of aliphatic hydroxyl groups excluding tert-OH is 2. The Labute approximate surface area is 212 Å². The third kappa shape index (κ3) is 6.99. The number of hydrogen-bond acceptors (Lipinski definition) is 7. The zero-order valence-electron chi connectivity index (χ0n) is 20.4. The van der Waals surface area contributed by atoms with Crippen molar-refractivity contribution in [2.24, 2.45) is 0 Å². The Morgan fingerprint density at radius 3 is 1.50 bits per heavy atom. The standard InChI is InChI=1S/C29H34O7/c1-32-29-28(35-20-23-15-9-4-10-16-23)27(34-19-22-13-7-3-8-14-22)26(25(36-29)24(31)17-30)33-18-21-11-5-2-6-12-21/h2-16,24-31H,17-20H2,1H3/t24-,25-,26-,27+,28-,29?/m1/s1. The van der Waals surface area contributed by atoms with Crippen LogP contribution in [0, 0.1) is 0 Å². The molecule has 192 valence electrons. The summed E-state index contributed by atoms with van der Waals surface area (Å²) in [7, 11) is 1.52. The van der Waals surface area contributed by atoms with Crippen LogP contribution in [0.5, 0.6) is 0 Å². The summed E-state index contributed by atoms with van der Waals surface area (Å²) in [5.74, 6) is 0. The zero-order valence-corrected chi connectivity index (χ0v) is 20.4. The summed E-state index contributed by atoms with van der Waals surface area (Å²) in [6, 6.07) is 29.4. The minimum Gasteiger partial charge on any atom is -0.394 e. The average molecular weight is 495 g/mol. The lowest BCUT2D eigenvalue weighted by Gasteiger charge is -2.46. The Bertz CT molecular complexity index is 1000. The van der Waals surface area contributed by atoms with Gasteiger partial charge in [0.1, 0.15) is 30.5 Å². The van der Waals surface area contributed by atoms with E-state index in [9.17, 15) is 10.2 Å². The SMILES string of the molecule is COC1O[C@H]([C@H](O)CO)[C@@H](OCc2ccccc2)[C@H](OCc2ccccc2)[C@H]1OCc1ccccc1. The topological polar surface area (TPSA) is 86.6 Å². The second-order valence-electron chi connectivity index (χ2n) is 8.74. The van der Waals surface area contributed by atoms with Gasteiger partial charge in [0.15, 0.2) is 6.29 Å². The molecule has 1 fully saturated rings. The molecule has 0 radical (unpaired) electrons. The van der Waals surface area contributed by atoms with E-state index in [-0.39, 0.29) is 6.61 Å². The molecule has 0 saturated carbocycles. The maximum atomic E-state index is 10.7. The second kappa shape index (κ2) is 13.6. The van der Waals surface area contributed by atoms with Crippen LogP contribution in [-0.2, 0) is 43.5 Å². The van der Waals surface area contributed by atoms with E-state index in [1.54, 1.807) is 0 Å². The van der Waals surface area contributed by atoms with Crippen molar-refractivity contribution in [1.29, 1.82) is 0 Å². The Morgan fingerprint density at radius 2 is 1.08 bits per heavy atom. The molecule has 0 spiro atoms. The van der Waals surface area contributed by atoms with Crippen LogP contribution in [0.25, 0.3) is 0 Å². The van der Waals surface area contributed by atoms with E-state index in [0.29, 0.717) is 13.2 Å². The molecule has 2 N–H and O–H groups in total. The van der Waals surface area contributed by atoms with Crippen molar-refractivity contribution >= 4 is 0 Å². The van der Waals surface area contributed by atoms with E-state index in [1.807, 2.05) is 91.0 Å². The molecule has 0 aliphatic carbocycles. The van der Waals surface area contributed by atoms with Gasteiger partial charge in [0, 0.05) is 7.11 Å². The molecule has 6 atom stereocenters. The lowest BCUT2D eigenvalue weighted by atomic mass is 9.94. The number of hydrogen-bond donors (Lipinski definition) is 2. The molecule has 0 amide bonds. The molecule has 7 heteroatoms. The highest BCUT2D eigenvalue weighted by Gasteiger charge is 2.50. The largest absolute Gasteiger partial charge is 0.394 e. The Hall–Kier alpha value is -2.62. The summed E-state index contributed by atoms with van der Waals surface area (Å²) in [4.78, 5) is 0. The van der Waals surface area contributed by atoms with Gasteiger partial charge in [-0.3, -0.25) is 0 Å². The Morgan fingerprint density at radius 1 is 0.667 bits per heavy atom. The molecule has 36 heavy (non-hydrogen) atoms. The van der Waals surface area contributed by atoms with Gasteiger partial charge in [-0.2, -0.15) is 0 Å². The van der Waals surface area contributed by atoms with Crippen LogP contribution in [0.2, 0.25) is 0 Å². The van der Waals surface area contributed by atoms with Crippen molar-refractivity contribution in [3.63, 3.8) is 0 Å². The summed E-state index contributed by atoms with van der Waals surface area (Å²) in [6.07, 6.45) is -4.95. The molecule has 1 heterocycles. The van der Waals surface area contributed by atoms with E-state index in [4.69, 9.17) is 23.7 Å². The van der Waals surface area contributed by atoms with Crippen LogP contribution >= 0.6 is 0 Å². The number of methoxy groups -OCH3 is 1. The van der Waals surface area contributed by atoms with E-state index in [1.165, 1.54) is 7.11 Å². The molecule has 1 aliphatic rings. The van der Waals surface area contributed by atoms with Crippen LogP contribution in [0.4, 0.5) is 0 Å². The van der Waals surface area contributed by atoms with E-state index in [2.05, 4.69) is 0 Å². The van der Waals surface area contributed by atoms with Gasteiger partial charge in [-0.05, 0) is 16.7 Å². The van der Waals surface area contributed by atoms with Crippen LogP contribution in [-0.4, -0.2) is 60.7 Å². The van der Waals surface area contributed by atoms with E-state index < -0.39 is 43.4 Å². The molecular formula is C29H34O7. The highest BCUT2D eigenvalue weighted by atomic mass is 16.7. The van der Waals surface area contributed by atoms with E-state index in [0.717, 1.165) is 16.7 Å². The normalized spacial score (nSPS) is 24.9. The maximum Gasteiger partial charge on any atom is 0.186 e. The molecule has 0 aromatic heterocycles. The molecule has 3 aromatic carbocycles. The van der Waals surface area contributed by atoms with Crippen molar-refractivity contribution in [3.8, 4) is 0 Å². The first kappa shape index (κ1) is 26.4. The predicted molar refractivity (Wildman–Crippen MR) is 134 cm³/mol. The fourth-order valence-electron chi connectivity index (χ4n) is 4.29. The van der Waals surface area contributed by atoms with Gasteiger partial charge in [-0.25, -0.2) is 0 Å².